The molecule has 2 heterocycles. The van der Waals surface area contributed by atoms with Gasteiger partial charge in [0.1, 0.15) is 0 Å². The maximum absolute atomic E-state index is 6.09. The predicted molar refractivity (Wildman–Crippen MR) is 83.9 cm³/mol. The Labute approximate surface area is 127 Å². The first kappa shape index (κ1) is 14.7. The SMILES string of the molecule is CC1CCCCN1C(CN)c1ccc2c(c1)OCCCO2. The number of likely N-dealkylation sites (tertiary alicyclic amines) is 1. The standard InChI is InChI=1S/C17H26N2O2/c1-13-5-2-3-8-19(13)15(12-18)14-6-7-16-17(11-14)21-10-4-9-20-16/h6-7,11,13,15H,2-5,8-10,12,18H2,1H3. The van der Waals surface area contributed by atoms with Crippen molar-refractivity contribution < 1.29 is 9.47 Å². The first-order valence-corrected chi connectivity index (χ1v) is 8.15. The van der Waals surface area contributed by atoms with Gasteiger partial charge in [-0.3, -0.25) is 4.90 Å². The smallest absolute Gasteiger partial charge is 0.161 e. The molecular formula is C17H26N2O2. The Morgan fingerprint density at radius 2 is 2.00 bits per heavy atom. The highest BCUT2D eigenvalue weighted by Gasteiger charge is 2.27. The van der Waals surface area contributed by atoms with Crippen LogP contribution in [0.2, 0.25) is 0 Å². The van der Waals surface area contributed by atoms with E-state index in [1.54, 1.807) is 0 Å². The fourth-order valence-corrected chi connectivity index (χ4v) is 3.43. The first-order chi connectivity index (χ1) is 10.3. The van der Waals surface area contributed by atoms with E-state index in [1.165, 1.54) is 24.8 Å². The van der Waals surface area contributed by atoms with Gasteiger partial charge in [0.15, 0.2) is 11.5 Å². The lowest BCUT2D eigenvalue weighted by atomic mass is 9.97. The maximum atomic E-state index is 6.09. The Bertz CT molecular complexity index is 478. The van der Waals surface area contributed by atoms with E-state index in [-0.39, 0.29) is 6.04 Å². The van der Waals surface area contributed by atoms with Crippen molar-refractivity contribution in [3.05, 3.63) is 23.8 Å². The van der Waals surface area contributed by atoms with Gasteiger partial charge in [-0.2, -0.15) is 0 Å². The molecule has 2 unspecified atom stereocenters. The molecule has 1 fully saturated rings. The summed E-state index contributed by atoms with van der Waals surface area (Å²) in [6, 6.07) is 7.18. The lowest BCUT2D eigenvalue weighted by Crippen LogP contribution is -2.43. The zero-order chi connectivity index (χ0) is 14.7. The van der Waals surface area contributed by atoms with E-state index < -0.39 is 0 Å². The molecule has 0 bridgehead atoms. The fraction of sp³-hybridized carbons (Fsp3) is 0.647. The third-order valence-electron chi connectivity index (χ3n) is 4.63. The van der Waals surface area contributed by atoms with Crippen molar-refractivity contribution >= 4 is 0 Å². The molecule has 21 heavy (non-hydrogen) atoms. The molecule has 4 heteroatoms. The Kier molecular flexibility index (Phi) is 4.66. The third-order valence-corrected chi connectivity index (χ3v) is 4.63. The lowest BCUT2D eigenvalue weighted by Gasteiger charge is -2.39. The van der Waals surface area contributed by atoms with E-state index in [9.17, 15) is 0 Å². The molecule has 2 N–H and O–H groups in total. The minimum absolute atomic E-state index is 0.275. The van der Waals surface area contributed by atoms with Gasteiger partial charge in [-0.1, -0.05) is 12.5 Å². The molecule has 0 saturated carbocycles. The van der Waals surface area contributed by atoms with Crippen LogP contribution in [0.1, 0.15) is 44.2 Å². The van der Waals surface area contributed by atoms with Gasteiger partial charge >= 0.3 is 0 Å². The number of piperidine rings is 1. The summed E-state index contributed by atoms with van der Waals surface area (Å²) in [6.07, 6.45) is 4.80. The van der Waals surface area contributed by atoms with Crippen molar-refractivity contribution in [1.82, 2.24) is 4.90 Å². The van der Waals surface area contributed by atoms with Crippen LogP contribution in [0.3, 0.4) is 0 Å². The van der Waals surface area contributed by atoms with Gasteiger partial charge in [-0.05, 0) is 44.0 Å². The van der Waals surface area contributed by atoms with Crippen LogP contribution in [0.4, 0.5) is 0 Å². The Hall–Kier alpha value is -1.26. The number of nitrogens with two attached hydrogens (primary N) is 1. The number of nitrogens with zero attached hydrogens (tertiary/aromatic N) is 1. The molecular weight excluding hydrogens is 264 g/mol. The number of hydrogen-bond donors (Lipinski definition) is 1. The van der Waals surface area contributed by atoms with E-state index in [2.05, 4.69) is 24.0 Å². The number of benzene rings is 1. The Balaban J connectivity index is 1.85. The fourth-order valence-electron chi connectivity index (χ4n) is 3.43. The largest absolute Gasteiger partial charge is 0.490 e. The second-order valence-electron chi connectivity index (χ2n) is 6.09. The molecule has 1 saturated heterocycles. The topological polar surface area (TPSA) is 47.7 Å². The van der Waals surface area contributed by atoms with E-state index in [1.807, 2.05) is 6.07 Å². The summed E-state index contributed by atoms with van der Waals surface area (Å²) < 4.78 is 11.5. The molecule has 0 amide bonds. The van der Waals surface area contributed by atoms with Gasteiger partial charge in [0.2, 0.25) is 0 Å². The molecule has 4 nitrogen and oxygen atoms in total. The summed E-state index contributed by atoms with van der Waals surface area (Å²) in [6.45, 7) is 5.55. The zero-order valence-corrected chi connectivity index (χ0v) is 12.9. The van der Waals surface area contributed by atoms with Crippen molar-refractivity contribution in [3.8, 4) is 11.5 Å². The lowest BCUT2D eigenvalue weighted by molar-refractivity contribution is 0.108. The second kappa shape index (κ2) is 6.67. The molecule has 0 aliphatic carbocycles. The van der Waals surface area contributed by atoms with Crippen LogP contribution in [0, 0.1) is 0 Å². The quantitative estimate of drug-likeness (QED) is 0.930. The number of fused-ring (bicyclic) bond motifs is 1. The first-order valence-electron chi connectivity index (χ1n) is 8.15. The normalized spacial score (nSPS) is 24.4. The van der Waals surface area contributed by atoms with Gasteiger partial charge in [0, 0.05) is 25.0 Å². The van der Waals surface area contributed by atoms with Crippen LogP contribution in [-0.2, 0) is 0 Å². The second-order valence-corrected chi connectivity index (χ2v) is 6.09. The van der Waals surface area contributed by atoms with Crippen LogP contribution >= 0.6 is 0 Å². The van der Waals surface area contributed by atoms with Gasteiger partial charge in [0.25, 0.3) is 0 Å². The highest BCUT2D eigenvalue weighted by molar-refractivity contribution is 5.44. The van der Waals surface area contributed by atoms with Crippen molar-refractivity contribution in [1.29, 1.82) is 0 Å². The van der Waals surface area contributed by atoms with Crippen LogP contribution in [0.25, 0.3) is 0 Å². The predicted octanol–water partition coefficient (Wildman–Crippen LogP) is 2.72. The molecule has 3 rings (SSSR count). The number of ether oxygens (including phenoxy) is 2. The Morgan fingerprint density at radius 3 is 2.76 bits per heavy atom. The van der Waals surface area contributed by atoms with Gasteiger partial charge in [-0.15, -0.1) is 0 Å². The van der Waals surface area contributed by atoms with Gasteiger partial charge < -0.3 is 15.2 Å². The van der Waals surface area contributed by atoms with Crippen molar-refractivity contribution in [2.24, 2.45) is 5.73 Å². The minimum atomic E-state index is 0.275. The summed E-state index contributed by atoms with van der Waals surface area (Å²) in [7, 11) is 0. The van der Waals surface area contributed by atoms with Gasteiger partial charge in [0.05, 0.1) is 13.2 Å². The number of hydrogen-bond acceptors (Lipinski definition) is 4. The van der Waals surface area contributed by atoms with Crippen molar-refractivity contribution in [2.75, 3.05) is 26.3 Å². The minimum Gasteiger partial charge on any atom is -0.490 e. The van der Waals surface area contributed by atoms with Crippen LogP contribution in [0.15, 0.2) is 18.2 Å². The van der Waals surface area contributed by atoms with Gasteiger partial charge in [-0.25, -0.2) is 0 Å². The molecule has 1 aromatic rings. The molecule has 0 radical (unpaired) electrons. The molecule has 1 aromatic carbocycles. The maximum Gasteiger partial charge on any atom is 0.161 e. The zero-order valence-electron chi connectivity index (χ0n) is 12.9. The molecule has 2 aliphatic heterocycles. The molecule has 0 spiro atoms. The van der Waals surface area contributed by atoms with E-state index in [0.717, 1.165) is 37.7 Å². The summed E-state index contributed by atoms with van der Waals surface area (Å²) in [5.41, 5.74) is 7.34. The molecule has 116 valence electrons. The monoisotopic (exact) mass is 290 g/mol. The number of rotatable bonds is 3. The summed E-state index contributed by atoms with van der Waals surface area (Å²) >= 11 is 0. The molecule has 2 atom stereocenters. The molecule has 2 aliphatic rings. The summed E-state index contributed by atoms with van der Waals surface area (Å²) in [4.78, 5) is 2.54. The van der Waals surface area contributed by atoms with E-state index in [4.69, 9.17) is 15.2 Å². The summed E-state index contributed by atoms with van der Waals surface area (Å²) in [5, 5.41) is 0. The van der Waals surface area contributed by atoms with E-state index in [0.29, 0.717) is 12.6 Å². The third kappa shape index (κ3) is 3.16. The van der Waals surface area contributed by atoms with E-state index >= 15 is 0 Å². The van der Waals surface area contributed by atoms with Crippen molar-refractivity contribution in [2.45, 2.75) is 44.7 Å². The molecule has 0 aromatic heterocycles. The van der Waals surface area contributed by atoms with Crippen molar-refractivity contribution in [3.63, 3.8) is 0 Å². The average Bonchev–Trinajstić information content (AvgIpc) is 2.75. The highest BCUT2D eigenvalue weighted by atomic mass is 16.5. The Morgan fingerprint density at radius 1 is 1.19 bits per heavy atom. The average molecular weight is 290 g/mol. The highest BCUT2D eigenvalue weighted by Crippen LogP contribution is 2.35. The van der Waals surface area contributed by atoms with Crippen LogP contribution in [-0.4, -0.2) is 37.2 Å². The summed E-state index contributed by atoms with van der Waals surface area (Å²) in [5.74, 6) is 1.73. The van der Waals surface area contributed by atoms with Crippen LogP contribution in [0.5, 0.6) is 11.5 Å². The van der Waals surface area contributed by atoms with Crippen LogP contribution < -0.4 is 15.2 Å².